The molecule has 0 aliphatic carbocycles. The third-order valence-corrected chi connectivity index (χ3v) is 4.63. The van der Waals surface area contributed by atoms with E-state index in [9.17, 15) is 4.79 Å². The number of aromatic nitrogens is 1. The molecule has 0 saturated carbocycles. The molecule has 2 aliphatic heterocycles. The number of amides is 1. The third-order valence-electron chi connectivity index (χ3n) is 4.63. The van der Waals surface area contributed by atoms with E-state index < -0.39 is 0 Å². The quantitative estimate of drug-likeness (QED) is 0.890. The summed E-state index contributed by atoms with van der Waals surface area (Å²) in [6, 6.07) is 4.65. The topological polar surface area (TPSA) is 57.3 Å². The van der Waals surface area contributed by atoms with Gasteiger partial charge in [-0.2, -0.15) is 0 Å². The molecule has 1 aromatic rings. The number of hydrogen-bond acceptors (Lipinski definition) is 4. The first-order chi connectivity index (χ1) is 10.2. The van der Waals surface area contributed by atoms with E-state index >= 15 is 0 Å². The summed E-state index contributed by atoms with van der Waals surface area (Å²) >= 11 is 0. The van der Waals surface area contributed by atoms with E-state index in [1.165, 1.54) is 19.4 Å². The predicted octanol–water partition coefficient (Wildman–Crippen LogP) is 1.79. The van der Waals surface area contributed by atoms with Gasteiger partial charge in [0, 0.05) is 36.9 Å². The zero-order valence-electron chi connectivity index (χ0n) is 12.9. The van der Waals surface area contributed by atoms with Gasteiger partial charge >= 0.3 is 0 Å². The minimum atomic E-state index is 0.0217. The number of carbonyl (C=O) groups excluding carboxylic acids is 1. The highest BCUT2D eigenvalue weighted by atomic mass is 16.1. The molecule has 2 aliphatic rings. The minimum absolute atomic E-state index is 0.0217. The fourth-order valence-electron chi connectivity index (χ4n) is 3.55. The van der Waals surface area contributed by atoms with E-state index in [2.05, 4.69) is 20.5 Å². The van der Waals surface area contributed by atoms with Crippen LogP contribution in [0.3, 0.4) is 0 Å². The molecule has 2 unspecified atom stereocenters. The second kappa shape index (κ2) is 6.02. The summed E-state index contributed by atoms with van der Waals surface area (Å²) in [4.78, 5) is 19.3. The average molecular weight is 288 g/mol. The van der Waals surface area contributed by atoms with Crippen LogP contribution in [0.15, 0.2) is 12.1 Å². The average Bonchev–Trinajstić information content (AvgIpc) is 2.94. The summed E-state index contributed by atoms with van der Waals surface area (Å²) in [6.45, 7) is 4.27. The van der Waals surface area contributed by atoms with Gasteiger partial charge in [0.2, 0.25) is 0 Å². The Bertz CT molecular complexity index is 531. The van der Waals surface area contributed by atoms with Gasteiger partial charge in [-0.25, -0.2) is 4.98 Å². The van der Waals surface area contributed by atoms with Crippen molar-refractivity contribution in [2.24, 2.45) is 0 Å². The van der Waals surface area contributed by atoms with E-state index in [0.29, 0.717) is 17.6 Å². The number of carbonyl (C=O) groups is 1. The predicted molar refractivity (Wildman–Crippen MR) is 83.6 cm³/mol. The zero-order valence-corrected chi connectivity index (χ0v) is 12.9. The molecule has 3 heterocycles. The zero-order chi connectivity index (χ0) is 14.8. The van der Waals surface area contributed by atoms with Gasteiger partial charge in [-0.1, -0.05) is 0 Å². The second-order valence-corrected chi connectivity index (χ2v) is 6.16. The van der Waals surface area contributed by atoms with Crippen LogP contribution in [0.4, 0.5) is 5.82 Å². The maximum atomic E-state index is 12.4. The van der Waals surface area contributed by atoms with Gasteiger partial charge in [0.05, 0.1) is 0 Å². The molecule has 5 nitrogen and oxygen atoms in total. The van der Waals surface area contributed by atoms with Crippen LogP contribution in [0.2, 0.25) is 0 Å². The number of hydrogen-bond donors (Lipinski definition) is 2. The lowest BCUT2D eigenvalue weighted by molar-refractivity contribution is 0.0896. The number of pyridine rings is 1. The van der Waals surface area contributed by atoms with Crippen molar-refractivity contribution in [2.45, 2.75) is 44.7 Å². The number of fused-ring (bicyclic) bond motifs is 1. The van der Waals surface area contributed by atoms with E-state index in [1.54, 1.807) is 0 Å². The van der Waals surface area contributed by atoms with Gasteiger partial charge < -0.3 is 15.5 Å². The summed E-state index contributed by atoms with van der Waals surface area (Å²) in [5.74, 6) is 0.763. The Morgan fingerprint density at radius 3 is 3.00 bits per heavy atom. The van der Waals surface area contributed by atoms with E-state index in [4.69, 9.17) is 0 Å². The molecule has 0 aromatic carbocycles. The first-order valence-electron chi connectivity index (χ1n) is 7.87. The first-order valence-corrected chi connectivity index (χ1v) is 7.87. The number of piperidine rings is 1. The maximum absolute atomic E-state index is 12.4. The molecule has 1 amide bonds. The van der Waals surface area contributed by atoms with Crippen LogP contribution in [0.5, 0.6) is 0 Å². The molecule has 2 fully saturated rings. The molecular weight excluding hydrogens is 264 g/mol. The Morgan fingerprint density at radius 1 is 1.33 bits per heavy atom. The summed E-state index contributed by atoms with van der Waals surface area (Å²) < 4.78 is 0. The van der Waals surface area contributed by atoms with Crippen molar-refractivity contribution in [1.29, 1.82) is 0 Å². The molecular formula is C16H24N4O. The number of nitrogens with zero attached hydrogens (tertiary/aromatic N) is 2. The second-order valence-electron chi connectivity index (χ2n) is 6.16. The van der Waals surface area contributed by atoms with Crippen molar-refractivity contribution < 1.29 is 4.79 Å². The summed E-state index contributed by atoms with van der Waals surface area (Å²) in [6.07, 6.45) is 4.74. The Labute approximate surface area is 126 Å². The van der Waals surface area contributed by atoms with Crippen molar-refractivity contribution in [3.63, 3.8) is 0 Å². The molecule has 2 atom stereocenters. The molecule has 2 N–H and O–H groups in total. The monoisotopic (exact) mass is 288 g/mol. The minimum Gasteiger partial charge on any atom is -0.373 e. The van der Waals surface area contributed by atoms with Crippen LogP contribution < -0.4 is 10.6 Å². The van der Waals surface area contributed by atoms with Crippen molar-refractivity contribution in [2.75, 3.05) is 25.5 Å². The highest BCUT2D eigenvalue weighted by Crippen LogP contribution is 2.27. The number of rotatable bonds is 3. The highest BCUT2D eigenvalue weighted by Gasteiger charge is 2.32. The SMILES string of the molecule is CNc1cc(C(=O)NC2CCN3CCCC3C2)cc(C)n1. The Morgan fingerprint density at radius 2 is 2.19 bits per heavy atom. The van der Waals surface area contributed by atoms with Gasteiger partial charge in [-0.15, -0.1) is 0 Å². The highest BCUT2D eigenvalue weighted by molar-refractivity contribution is 5.95. The molecule has 0 spiro atoms. The lowest BCUT2D eigenvalue weighted by Crippen LogP contribution is -2.47. The van der Waals surface area contributed by atoms with Crippen molar-refractivity contribution >= 4 is 11.7 Å². The van der Waals surface area contributed by atoms with Crippen LogP contribution in [0.25, 0.3) is 0 Å². The normalized spacial score (nSPS) is 25.4. The number of anilines is 1. The molecule has 3 rings (SSSR count). The molecule has 21 heavy (non-hydrogen) atoms. The molecule has 0 radical (unpaired) electrons. The van der Waals surface area contributed by atoms with Gasteiger partial charge in [0.25, 0.3) is 5.91 Å². The molecule has 5 heteroatoms. The van der Waals surface area contributed by atoms with Crippen LogP contribution >= 0.6 is 0 Å². The van der Waals surface area contributed by atoms with E-state index in [-0.39, 0.29) is 5.91 Å². The van der Waals surface area contributed by atoms with Gasteiger partial charge in [0.15, 0.2) is 0 Å². The van der Waals surface area contributed by atoms with Crippen LogP contribution in [0, 0.1) is 6.92 Å². The van der Waals surface area contributed by atoms with Gasteiger partial charge in [-0.3, -0.25) is 4.79 Å². The van der Waals surface area contributed by atoms with E-state index in [0.717, 1.165) is 30.9 Å². The lowest BCUT2D eigenvalue weighted by Gasteiger charge is -2.35. The third kappa shape index (κ3) is 3.18. The fraction of sp³-hybridized carbons (Fsp3) is 0.625. The Hall–Kier alpha value is -1.62. The van der Waals surface area contributed by atoms with Crippen molar-refractivity contribution in [1.82, 2.24) is 15.2 Å². The van der Waals surface area contributed by atoms with Crippen molar-refractivity contribution in [3.8, 4) is 0 Å². The smallest absolute Gasteiger partial charge is 0.251 e. The Balaban J connectivity index is 1.65. The number of aryl methyl sites for hydroxylation is 1. The van der Waals surface area contributed by atoms with E-state index in [1.807, 2.05) is 26.1 Å². The van der Waals surface area contributed by atoms with Crippen LogP contribution in [-0.2, 0) is 0 Å². The van der Waals surface area contributed by atoms with Crippen molar-refractivity contribution in [3.05, 3.63) is 23.4 Å². The largest absolute Gasteiger partial charge is 0.373 e. The Kier molecular flexibility index (Phi) is 4.10. The lowest BCUT2D eigenvalue weighted by atomic mass is 9.97. The fourth-order valence-corrected chi connectivity index (χ4v) is 3.55. The van der Waals surface area contributed by atoms with Gasteiger partial charge in [-0.05, 0) is 51.3 Å². The van der Waals surface area contributed by atoms with Crippen LogP contribution in [0.1, 0.15) is 41.7 Å². The van der Waals surface area contributed by atoms with Gasteiger partial charge in [0.1, 0.15) is 5.82 Å². The molecule has 2 saturated heterocycles. The summed E-state index contributed by atoms with van der Waals surface area (Å²) in [5.41, 5.74) is 1.55. The summed E-state index contributed by atoms with van der Waals surface area (Å²) in [7, 11) is 1.82. The first kappa shape index (κ1) is 14.3. The van der Waals surface area contributed by atoms with Crippen LogP contribution in [-0.4, -0.2) is 48.0 Å². The molecule has 0 bridgehead atoms. The molecule has 1 aromatic heterocycles. The maximum Gasteiger partial charge on any atom is 0.251 e. The summed E-state index contributed by atoms with van der Waals surface area (Å²) in [5, 5.41) is 6.20. The number of nitrogens with one attached hydrogen (secondary N) is 2. The molecule has 114 valence electrons. The standard InChI is InChI=1S/C16H24N4O/c1-11-8-12(9-15(17-2)18-11)16(21)19-13-5-7-20-6-3-4-14(20)10-13/h8-9,13-14H,3-7,10H2,1-2H3,(H,17,18)(H,19,21).